The van der Waals surface area contributed by atoms with Crippen molar-refractivity contribution in [3.63, 3.8) is 0 Å². The molecular formula is C46H28CoN6O12S4-. The van der Waals surface area contributed by atoms with Crippen LogP contribution in [0.1, 0.15) is 28.5 Å². The first-order valence-electron chi connectivity index (χ1n) is 19.0. The van der Waals surface area contributed by atoms with Crippen LogP contribution in [0.15, 0.2) is 141 Å². The number of aromatic nitrogens is 4. The summed E-state index contributed by atoms with van der Waals surface area (Å²) in [6, 6.07) is 27.2. The topological polar surface area (TPSA) is 330 Å². The van der Waals surface area contributed by atoms with Gasteiger partial charge in [-0.05, 0) is 117 Å². The molecule has 0 saturated carbocycles. The van der Waals surface area contributed by atoms with Crippen molar-refractivity contribution in [1.29, 1.82) is 10.5 Å². The molecule has 18 nitrogen and oxygen atoms in total. The number of rotatable bonds is 8. The van der Waals surface area contributed by atoms with E-state index in [-0.39, 0.29) is 22.5 Å². The second-order valence-electron chi connectivity index (χ2n) is 14.3. The van der Waals surface area contributed by atoms with E-state index in [9.17, 15) is 51.9 Å². The van der Waals surface area contributed by atoms with Crippen molar-refractivity contribution in [2.45, 2.75) is 19.6 Å². The van der Waals surface area contributed by atoms with Crippen molar-refractivity contribution >= 4 is 86.8 Å². The monoisotopic (exact) mass is 1040 g/mol. The minimum absolute atomic E-state index is 0. The van der Waals surface area contributed by atoms with Gasteiger partial charge in [0.2, 0.25) is 0 Å². The van der Waals surface area contributed by atoms with E-state index in [4.69, 9.17) is 43.6 Å². The van der Waals surface area contributed by atoms with Gasteiger partial charge < -0.3 is 51.8 Å². The van der Waals surface area contributed by atoms with Gasteiger partial charge in [-0.2, -0.15) is 0 Å². The van der Waals surface area contributed by atoms with Gasteiger partial charge in [-0.3, -0.25) is 0 Å². The molecule has 69 heavy (non-hydrogen) atoms. The molecule has 2 aliphatic heterocycles. The van der Waals surface area contributed by atoms with Gasteiger partial charge in [0.05, 0.1) is 42.4 Å². The van der Waals surface area contributed by atoms with Crippen molar-refractivity contribution < 1.29 is 74.4 Å². The first-order chi connectivity index (χ1) is 32.2. The molecule has 23 heteroatoms. The smallest absolute Gasteiger partial charge is 0.744 e. The number of nitrogens with zero attached hydrogens (tertiary/aromatic N) is 6. The molecule has 4 aromatic carbocycles. The Labute approximate surface area is 410 Å². The van der Waals surface area contributed by atoms with E-state index in [2.05, 4.69) is 0 Å². The summed E-state index contributed by atoms with van der Waals surface area (Å²) in [7, 11) is -19.3. The number of hydrogen-bond donors (Lipinski definition) is 0. The van der Waals surface area contributed by atoms with Gasteiger partial charge in [-0.25, -0.2) is 43.6 Å². The molecular weight excluding hydrogens is 1020 g/mol. The van der Waals surface area contributed by atoms with Crippen LogP contribution in [0.5, 0.6) is 0 Å². The fraction of sp³-hybridized carbons (Fsp3) is 0. The molecule has 8 bridgehead atoms. The summed E-state index contributed by atoms with van der Waals surface area (Å²) in [5.41, 5.74) is 5.63. The van der Waals surface area contributed by atoms with Crippen molar-refractivity contribution in [3.8, 4) is 44.5 Å². The van der Waals surface area contributed by atoms with E-state index in [0.29, 0.717) is 89.4 Å². The third-order valence-corrected chi connectivity index (χ3v) is 13.7. The van der Waals surface area contributed by atoms with Crippen LogP contribution in [-0.2, 0) is 57.3 Å². The van der Waals surface area contributed by atoms with Crippen molar-refractivity contribution in [2.24, 2.45) is 0 Å². The largest absolute Gasteiger partial charge is 3.00 e. The molecule has 0 saturated heterocycles. The Balaban J connectivity index is 0.00000198. The minimum atomic E-state index is -4.82. The van der Waals surface area contributed by atoms with Crippen LogP contribution < -0.4 is 9.97 Å². The Bertz CT molecular complexity index is 3430. The Morgan fingerprint density at radius 2 is 0.522 bits per heavy atom. The first kappa shape index (κ1) is 51.0. The average molecular weight is 1040 g/mol. The molecule has 0 aliphatic carbocycles. The molecule has 0 unspecified atom stereocenters. The van der Waals surface area contributed by atoms with Crippen LogP contribution >= 0.6 is 0 Å². The second-order valence-corrected chi connectivity index (χ2v) is 19.8. The zero-order chi connectivity index (χ0) is 49.3. The molecule has 0 amide bonds. The van der Waals surface area contributed by atoms with Crippen LogP contribution in [0.25, 0.3) is 90.9 Å². The van der Waals surface area contributed by atoms with E-state index < -0.39 is 60.1 Å². The van der Waals surface area contributed by atoms with Gasteiger partial charge in [-0.15, -0.1) is 22.1 Å². The van der Waals surface area contributed by atoms with E-state index in [1.165, 1.54) is 48.5 Å². The van der Waals surface area contributed by atoms with Gasteiger partial charge in [0.1, 0.15) is 40.5 Å². The van der Waals surface area contributed by atoms with Crippen LogP contribution in [-0.4, -0.2) is 61.9 Å². The van der Waals surface area contributed by atoms with E-state index in [0.717, 1.165) is 48.5 Å². The maximum Gasteiger partial charge on any atom is 3.00 e. The Kier molecular flexibility index (Phi) is 14.5. The average Bonchev–Trinajstić information content (AvgIpc) is 4.16. The third kappa shape index (κ3) is 10.5. The van der Waals surface area contributed by atoms with Gasteiger partial charge in [-0.1, -0.05) is 72.8 Å². The van der Waals surface area contributed by atoms with Gasteiger partial charge in [0, 0.05) is 0 Å². The third-order valence-electron chi connectivity index (χ3n) is 10.3. The van der Waals surface area contributed by atoms with Gasteiger partial charge in [0.25, 0.3) is 0 Å². The molecule has 0 atom stereocenters. The van der Waals surface area contributed by atoms with Gasteiger partial charge >= 0.3 is 22.5 Å². The maximum absolute atomic E-state index is 11.9. The molecule has 0 fully saturated rings. The molecule has 9 rings (SSSR count). The molecule has 5 heterocycles. The molecule has 7 aromatic rings. The maximum atomic E-state index is 11.9. The zero-order valence-corrected chi connectivity index (χ0v) is 38.7. The number of fused-ring (bicyclic) bond motifs is 8. The quantitative estimate of drug-likeness (QED) is 0.111. The Morgan fingerprint density at radius 1 is 0.348 bits per heavy atom. The number of benzene rings is 4. The summed E-state index contributed by atoms with van der Waals surface area (Å²) in [6.45, 7) is 9.50. The predicted molar refractivity (Wildman–Crippen MR) is 245 cm³/mol. The first-order valence-corrected chi connectivity index (χ1v) is 24.6. The molecule has 2 aliphatic rings. The van der Waals surface area contributed by atoms with E-state index in [1.807, 2.05) is 0 Å². The molecule has 3 aromatic heterocycles. The summed E-state index contributed by atoms with van der Waals surface area (Å²) >= 11 is 0. The summed E-state index contributed by atoms with van der Waals surface area (Å²) in [4.78, 5) is 18.0. The van der Waals surface area contributed by atoms with Gasteiger partial charge in [0.15, 0.2) is 0 Å². The molecule has 0 spiro atoms. The summed E-state index contributed by atoms with van der Waals surface area (Å²) in [5.74, 6) is 0. The summed E-state index contributed by atoms with van der Waals surface area (Å²) in [6.07, 6.45) is 6.65. The van der Waals surface area contributed by atoms with Crippen LogP contribution in [0.3, 0.4) is 0 Å². The van der Waals surface area contributed by atoms with E-state index in [1.54, 1.807) is 48.6 Å². The normalized spacial score (nSPS) is 12.2. The van der Waals surface area contributed by atoms with E-state index >= 15 is 0 Å². The van der Waals surface area contributed by atoms with Crippen LogP contribution in [0.2, 0.25) is 0 Å². The fourth-order valence-corrected chi connectivity index (χ4v) is 9.30. The zero-order valence-electron chi connectivity index (χ0n) is 38.4. The summed E-state index contributed by atoms with van der Waals surface area (Å²) < 4.78 is 143. The van der Waals surface area contributed by atoms with Crippen molar-refractivity contribution in [3.05, 3.63) is 157 Å². The van der Waals surface area contributed by atoms with Crippen LogP contribution in [0, 0.1) is 23.7 Å². The SMILES string of the molecule is O=S(=O)([O-])c1ccc(-c2c3nc(c(-c4ccc(S(=O)(=O)[O-])cc4)c4ccc([n-]4)c(-c4ccc(S(=O)(=O)[O-])cc4)c4nc(c(-c5ccc(S(=O)(=O)[O-])cc5)c5ccc2[n-]5)C=C4)C=C3)cc1.[C-]#N.[C-]#N.[Co+3].[H+].[H+].[H+].[H+]. The molecule has 0 radical (unpaired) electrons. The minimum Gasteiger partial charge on any atom is -0.744 e. The Hall–Kier alpha value is -7.39. The Morgan fingerprint density at radius 3 is 0.681 bits per heavy atom. The second kappa shape index (κ2) is 19.7. The number of hydrogen-bond acceptors (Lipinski definition) is 16. The standard InChI is InChI=1S/C44H28N4O12S4.2CN.Co/c49-61(50,51)29-9-1-25(2-10-29)41-33-17-19-35(45-33)42(26-3-11-30(12-4-26)62(52,53)54)37-21-23-39(47-37)44(28-7-15-32(16-8-28)64(58,59)60)40-24-22-38(48-40)43(36-20-18-34(41)46-36)27-5-13-31(14-6-27)63(55,56)57;2*1-2;/h1-24H,(H,49,50,51)(H,52,53,54)(H,55,56,57)(H,58,59,60);;;/q-2;2*-1;+3. The predicted octanol–water partition coefficient (Wildman–Crippen LogP) is 6.84. The summed E-state index contributed by atoms with van der Waals surface area (Å²) in [5, 5.41) is 12.5. The molecule has 348 valence electrons. The van der Waals surface area contributed by atoms with Crippen molar-refractivity contribution in [1.82, 2.24) is 19.9 Å². The van der Waals surface area contributed by atoms with Crippen molar-refractivity contribution in [2.75, 3.05) is 0 Å². The fourth-order valence-electron chi connectivity index (χ4n) is 7.42. The molecule has 0 N–H and O–H groups in total. The van der Waals surface area contributed by atoms with Crippen LogP contribution in [0.4, 0.5) is 0 Å².